The van der Waals surface area contributed by atoms with Gasteiger partial charge in [0.1, 0.15) is 11.6 Å². The molecule has 1 aliphatic heterocycles. The zero-order valence-corrected chi connectivity index (χ0v) is 15.0. The summed E-state index contributed by atoms with van der Waals surface area (Å²) in [6.45, 7) is 1.50. The Morgan fingerprint density at radius 1 is 1.04 bits per heavy atom. The normalized spacial score (nSPS) is 14.8. The predicted octanol–water partition coefficient (Wildman–Crippen LogP) is 3.49. The summed E-state index contributed by atoms with van der Waals surface area (Å²) in [6, 6.07) is 13.1. The van der Waals surface area contributed by atoms with Crippen LogP contribution in [0, 0.1) is 11.6 Å². The van der Waals surface area contributed by atoms with Crippen molar-refractivity contribution < 1.29 is 18.4 Å². The second-order valence-corrected chi connectivity index (χ2v) is 6.70. The summed E-state index contributed by atoms with van der Waals surface area (Å²) in [6.07, 6.45) is 2.00. The molecule has 1 heterocycles. The lowest BCUT2D eigenvalue weighted by Gasteiger charge is -2.32. The third-order valence-corrected chi connectivity index (χ3v) is 4.92. The smallest absolute Gasteiger partial charge is 0.254 e. The molecule has 4 nitrogen and oxygen atoms in total. The highest BCUT2D eigenvalue weighted by Gasteiger charge is 2.23. The summed E-state index contributed by atoms with van der Waals surface area (Å²) in [5, 5.41) is 2.51. The van der Waals surface area contributed by atoms with E-state index in [1.165, 1.54) is 5.56 Å². The first-order chi connectivity index (χ1) is 13.0. The van der Waals surface area contributed by atoms with Gasteiger partial charge in [0.2, 0.25) is 5.91 Å². The second kappa shape index (κ2) is 8.75. The van der Waals surface area contributed by atoms with Crippen molar-refractivity contribution in [1.29, 1.82) is 0 Å². The lowest BCUT2D eigenvalue weighted by molar-refractivity contribution is -0.132. The quantitative estimate of drug-likeness (QED) is 0.873. The Morgan fingerprint density at radius 3 is 2.41 bits per heavy atom. The van der Waals surface area contributed by atoms with Gasteiger partial charge in [0.15, 0.2) is 0 Å². The Bertz CT molecular complexity index is 803. The standard InChI is InChI=1S/C21H22F2N2O2/c22-17-6-7-18(19(23)14-17)21(27)24-11-8-20(26)25-12-9-16(10-13-25)15-4-2-1-3-5-15/h1-7,14,16H,8-13H2,(H,24,27). The molecule has 2 amide bonds. The molecule has 0 aliphatic carbocycles. The SMILES string of the molecule is O=C(NCCC(=O)N1CCC(c2ccccc2)CC1)c1ccc(F)cc1F. The largest absolute Gasteiger partial charge is 0.351 e. The number of halogens is 2. The molecule has 27 heavy (non-hydrogen) atoms. The van der Waals surface area contributed by atoms with Gasteiger partial charge in [-0.3, -0.25) is 9.59 Å². The summed E-state index contributed by atoms with van der Waals surface area (Å²) < 4.78 is 26.5. The Hall–Kier alpha value is -2.76. The second-order valence-electron chi connectivity index (χ2n) is 6.70. The van der Waals surface area contributed by atoms with Crippen molar-refractivity contribution in [3.05, 3.63) is 71.3 Å². The highest BCUT2D eigenvalue weighted by atomic mass is 19.1. The van der Waals surface area contributed by atoms with Crippen LogP contribution in [0.2, 0.25) is 0 Å². The van der Waals surface area contributed by atoms with E-state index in [1.54, 1.807) is 0 Å². The average molecular weight is 372 g/mol. The number of amides is 2. The first-order valence-electron chi connectivity index (χ1n) is 9.10. The van der Waals surface area contributed by atoms with E-state index in [-0.39, 0.29) is 24.4 Å². The van der Waals surface area contributed by atoms with Crippen molar-refractivity contribution >= 4 is 11.8 Å². The van der Waals surface area contributed by atoms with E-state index in [2.05, 4.69) is 17.4 Å². The molecule has 6 heteroatoms. The maximum Gasteiger partial charge on any atom is 0.254 e. The van der Waals surface area contributed by atoms with Crippen molar-refractivity contribution in [2.45, 2.75) is 25.2 Å². The number of benzene rings is 2. The third-order valence-electron chi connectivity index (χ3n) is 4.92. The average Bonchev–Trinajstić information content (AvgIpc) is 2.68. The van der Waals surface area contributed by atoms with Gasteiger partial charge in [-0.1, -0.05) is 30.3 Å². The van der Waals surface area contributed by atoms with Crippen molar-refractivity contribution in [2.24, 2.45) is 0 Å². The number of likely N-dealkylation sites (tertiary alicyclic amines) is 1. The molecule has 0 bridgehead atoms. The topological polar surface area (TPSA) is 49.4 Å². The van der Waals surface area contributed by atoms with E-state index in [9.17, 15) is 18.4 Å². The number of hydrogen-bond acceptors (Lipinski definition) is 2. The lowest BCUT2D eigenvalue weighted by Crippen LogP contribution is -2.39. The summed E-state index contributed by atoms with van der Waals surface area (Å²) in [5.74, 6) is -1.86. The number of piperidine rings is 1. The maximum atomic E-state index is 13.6. The van der Waals surface area contributed by atoms with Gasteiger partial charge < -0.3 is 10.2 Å². The Labute approximate surface area is 157 Å². The van der Waals surface area contributed by atoms with Gasteiger partial charge in [-0.2, -0.15) is 0 Å². The first kappa shape index (κ1) is 19.0. The zero-order valence-electron chi connectivity index (χ0n) is 15.0. The van der Waals surface area contributed by atoms with Crippen LogP contribution >= 0.6 is 0 Å². The molecule has 142 valence electrons. The van der Waals surface area contributed by atoms with Crippen LogP contribution in [0.15, 0.2) is 48.5 Å². The minimum Gasteiger partial charge on any atom is -0.351 e. The molecule has 0 spiro atoms. The molecular weight excluding hydrogens is 350 g/mol. The van der Waals surface area contributed by atoms with Gasteiger partial charge in [-0.05, 0) is 36.5 Å². The molecule has 0 aromatic heterocycles. The van der Waals surface area contributed by atoms with E-state index in [1.807, 2.05) is 23.1 Å². The molecule has 1 saturated heterocycles. The van der Waals surface area contributed by atoms with Crippen LogP contribution in [0.4, 0.5) is 8.78 Å². The fourth-order valence-corrected chi connectivity index (χ4v) is 3.40. The minimum absolute atomic E-state index is 0.0265. The van der Waals surface area contributed by atoms with Gasteiger partial charge in [-0.15, -0.1) is 0 Å². The van der Waals surface area contributed by atoms with Crippen LogP contribution in [-0.2, 0) is 4.79 Å². The Kier molecular flexibility index (Phi) is 6.16. The fraction of sp³-hybridized carbons (Fsp3) is 0.333. The van der Waals surface area contributed by atoms with Gasteiger partial charge >= 0.3 is 0 Å². The van der Waals surface area contributed by atoms with Gasteiger partial charge in [0.25, 0.3) is 5.91 Å². The van der Waals surface area contributed by atoms with Crippen LogP contribution in [0.5, 0.6) is 0 Å². The van der Waals surface area contributed by atoms with E-state index < -0.39 is 17.5 Å². The lowest BCUT2D eigenvalue weighted by atomic mass is 9.89. The molecule has 0 saturated carbocycles. The summed E-state index contributed by atoms with van der Waals surface area (Å²) >= 11 is 0. The summed E-state index contributed by atoms with van der Waals surface area (Å²) in [7, 11) is 0. The van der Waals surface area contributed by atoms with E-state index in [0.29, 0.717) is 25.1 Å². The number of hydrogen-bond donors (Lipinski definition) is 1. The van der Waals surface area contributed by atoms with Crippen LogP contribution < -0.4 is 5.32 Å². The number of carbonyl (C=O) groups is 2. The van der Waals surface area contributed by atoms with Crippen LogP contribution in [0.1, 0.15) is 41.1 Å². The van der Waals surface area contributed by atoms with Crippen LogP contribution in [0.25, 0.3) is 0 Å². The molecule has 2 aromatic rings. The van der Waals surface area contributed by atoms with Gasteiger partial charge in [0, 0.05) is 32.1 Å². The summed E-state index contributed by atoms with van der Waals surface area (Å²) in [5.41, 5.74) is 1.07. The molecule has 0 atom stereocenters. The zero-order chi connectivity index (χ0) is 19.2. The number of nitrogens with zero attached hydrogens (tertiary/aromatic N) is 1. The van der Waals surface area contributed by atoms with E-state index in [4.69, 9.17) is 0 Å². The van der Waals surface area contributed by atoms with E-state index in [0.717, 1.165) is 25.0 Å². The molecule has 1 N–H and O–H groups in total. The molecule has 1 aliphatic rings. The molecule has 0 radical (unpaired) electrons. The van der Waals surface area contributed by atoms with Crippen molar-refractivity contribution in [2.75, 3.05) is 19.6 Å². The Balaban J connectivity index is 1.43. The highest BCUT2D eigenvalue weighted by molar-refractivity contribution is 5.94. The maximum absolute atomic E-state index is 13.6. The molecule has 1 fully saturated rings. The number of carbonyl (C=O) groups excluding carboxylic acids is 2. The monoisotopic (exact) mass is 372 g/mol. The molecule has 3 rings (SSSR count). The molecule has 0 unspecified atom stereocenters. The van der Waals surface area contributed by atoms with Crippen LogP contribution in [0.3, 0.4) is 0 Å². The van der Waals surface area contributed by atoms with Crippen LogP contribution in [-0.4, -0.2) is 36.3 Å². The highest BCUT2D eigenvalue weighted by Crippen LogP contribution is 2.27. The van der Waals surface area contributed by atoms with Crippen molar-refractivity contribution in [3.63, 3.8) is 0 Å². The third kappa shape index (κ3) is 4.90. The number of rotatable bonds is 5. The molecule has 2 aromatic carbocycles. The molecular formula is C21H22F2N2O2. The van der Waals surface area contributed by atoms with Gasteiger partial charge in [-0.25, -0.2) is 8.78 Å². The van der Waals surface area contributed by atoms with Crippen molar-refractivity contribution in [3.8, 4) is 0 Å². The Morgan fingerprint density at radius 2 is 1.74 bits per heavy atom. The first-order valence-corrected chi connectivity index (χ1v) is 9.10. The summed E-state index contributed by atoms with van der Waals surface area (Å²) in [4.78, 5) is 26.1. The van der Waals surface area contributed by atoms with Gasteiger partial charge in [0.05, 0.1) is 5.56 Å². The minimum atomic E-state index is -0.915. The van der Waals surface area contributed by atoms with Crippen molar-refractivity contribution in [1.82, 2.24) is 10.2 Å². The predicted molar refractivity (Wildman–Crippen MR) is 98.3 cm³/mol. The van der Waals surface area contributed by atoms with E-state index >= 15 is 0 Å². The number of nitrogens with one attached hydrogen (secondary N) is 1. The fourth-order valence-electron chi connectivity index (χ4n) is 3.40.